The van der Waals surface area contributed by atoms with Crippen LogP contribution in [0.1, 0.15) is 12.0 Å². The van der Waals surface area contributed by atoms with Crippen molar-refractivity contribution in [3.05, 3.63) is 66.2 Å². The predicted molar refractivity (Wildman–Crippen MR) is 111 cm³/mol. The molecule has 1 N–H and O–H groups in total. The highest BCUT2D eigenvalue weighted by atomic mass is 16.5. The third-order valence-electron chi connectivity index (χ3n) is 5.99. The summed E-state index contributed by atoms with van der Waals surface area (Å²) in [4.78, 5) is 19.3. The zero-order chi connectivity index (χ0) is 19.8. The minimum absolute atomic E-state index is 0.0629. The molecule has 6 nitrogen and oxygen atoms in total. The molecule has 148 valence electrons. The molecule has 2 aliphatic heterocycles. The van der Waals surface area contributed by atoms with Crippen LogP contribution in [0.4, 0.5) is 5.82 Å². The van der Waals surface area contributed by atoms with E-state index in [1.54, 1.807) is 7.11 Å². The number of ether oxygens (including phenoxy) is 2. The second-order valence-corrected chi connectivity index (χ2v) is 7.58. The average Bonchev–Trinajstić information content (AvgIpc) is 2.78. The molecule has 2 aromatic carbocycles. The van der Waals surface area contributed by atoms with Gasteiger partial charge in [0.15, 0.2) is 0 Å². The molecule has 0 spiro atoms. The quantitative estimate of drug-likeness (QED) is 0.746. The maximum Gasteiger partial charge on any atom is 0.246 e. The van der Waals surface area contributed by atoms with Gasteiger partial charge in [0.2, 0.25) is 5.91 Å². The number of pyridine rings is 1. The van der Waals surface area contributed by atoms with Crippen LogP contribution in [0.2, 0.25) is 0 Å². The number of aromatic nitrogens is 1. The summed E-state index contributed by atoms with van der Waals surface area (Å²) in [6, 6.07) is 20.2. The summed E-state index contributed by atoms with van der Waals surface area (Å²) in [5.41, 5.74) is 1.44. The van der Waals surface area contributed by atoms with Crippen LogP contribution >= 0.6 is 0 Å². The van der Waals surface area contributed by atoms with Gasteiger partial charge in [-0.15, -0.1) is 0 Å². The molecule has 3 heterocycles. The van der Waals surface area contributed by atoms with Crippen LogP contribution in [0.25, 0.3) is 10.9 Å². The van der Waals surface area contributed by atoms with Crippen LogP contribution in [0.15, 0.2) is 60.7 Å². The van der Waals surface area contributed by atoms with Crippen LogP contribution in [0.5, 0.6) is 5.75 Å². The molecule has 0 aliphatic carbocycles. The third-order valence-corrected chi connectivity index (χ3v) is 5.99. The number of fused-ring (bicyclic) bond motifs is 2. The Morgan fingerprint density at radius 3 is 2.83 bits per heavy atom. The van der Waals surface area contributed by atoms with Crippen molar-refractivity contribution < 1.29 is 14.3 Å². The zero-order valence-corrected chi connectivity index (χ0v) is 16.3. The smallest absolute Gasteiger partial charge is 0.246 e. The molecule has 1 amide bonds. The first-order chi connectivity index (χ1) is 14.2. The molecule has 1 aromatic heterocycles. The highest BCUT2D eigenvalue weighted by molar-refractivity contribution is 5.86. The lowest BCUT2D eigenvalue weighted by molar-refractivity contribution is -0.146. The van der Waals surface area contributed by atoms with E-state index in [2.05, 4.69) is 28.4 Å². The zero-order valence-electron chi connectivity index (χ0n) is 16.3. The summed E-state index contributed by atoms with van der Waals surface area (Å²) in [5.74, 6) is 1.59. The van der Waals surface area contributed by atoms with Gasteiger partial charge in [-0.2, -0.15) is 0 Å². The van der Waals surface area contributed by atoms with Gasteiger partial charge in [0, 0.05) is 18.5 Å². The minimum atomic E-state index is -0.498. The highest BCUT2D eigenvalue weighted by Gasteiger charge is 2.49. The largest absolute Gasteiger partial charge is 0.494 e. The summed E-state index contributed by atoms with van der Waals surface area (Å²) < 4.78 is 11.5. The number of hydrogen-bond acceptors (Lipinski definition) is 5. The van der Waals surface area contributed by atoms with Gasteiger partial charge in [-0.25, -0.2) is 4.98 Å². The Morgan fingerprint density at radius 2 is 2.00 bits per heavy atom. The van der Waals surface area contributed by atoms with E-state index in [0.717, 1.165) is 41.0 Å². The van der Waals surface area contributed by atoms with Gasteiger partial charge in [0.1, 0.15) is 29.8 Å². The van der Waals surface area contributed by atoms with Gasteiger partial charge in [0.25, 0.3) is 0 Å². The summed E-state index contributed by atoms with van der Waals surface area (Å²) in [6.45, 7) is 1.51. The van der Waals surface area contributed by atoms with Gasteiger partial charge in [-0.3, -0.25) is 4.79 Å². The SMILES string of the molecule is COc1cccc2ccc(N3CC[C@@]4(c5ccccc5)NC(=O)CO[C@@H]4C3)nc12. The number of carbonyl (C=O) groups excluding carboxylic acids is 1. The number of piperidine rings is 1. The minimum Gasteiger partial charge on any atom is -0.494 e. The molecule has 2 fully saturated rings. The first-order valence-electron chi connectivity index (χ1n) is 9.86. The van der Waals surface area contributed by atoms with E-state index < -0.39 is 5.54 Å². The van der Waals surface area contributed by atoms with Crippen molar-refractivity contribution in [2.75, 3.05) is 31.7 Å². The lowest BCUT2D eigenvalue weighted by Gasteiger charge is -2.50. The fraction of sp³-hybridized carbons (Fsp3) is 0.304. The number of methoxy groups -OCH3 is 1. The first-order valence-corrected chi connectivity index (χ1v) is 9.86. The number of benzene rings is 2. The molecule has 29 heavy (non-hydrogen) atoms. The third kappa shape index (κ3) is 3.00. The van der Waals surface area contributed by atoms with Crippen molar-refractivity contribution in [3.8, 4) is 5.75 Å². The molecular formula is C23H23N3O3. The van der Waals surface area contributed by atoms with E-state index in [9.17, 15) is 4.79 Å². The highest BCUT2D eigenvalue weighted by Crippen LogP contribution is 2.38. The molecule has 0 bridgehead atoms. The lowest BCUT2D eigenvalue weighted by atomic mass is 9.77. The Labute approximate surface area is 169 Å². The van der Waals surface area contributed by atoms with E-state index in [1.807, 2.05) is 42.5 Å². The number of hydrogen-bond donors (Lipinski definition) is 1. The number of nitrogens with zero attached hydrogens (tertiary/aromatic N) is 2. The number of anilines is 1. The molecule has 5 rings (SSSR count). The summed E-state index contributed by atoms with van der Waals surface area (Å²) >= 11 is 0. The van der Waals surface area contributed by atoms with Gasteiger partial charge in [-0.1, -0.05) is 42.5 Å². The summed E-state index contributed by atoms with van der Waals surface area (Å²) in [6.07, 6.45) is 0.602. The average molecular weight is 389 g/mol. The second-order valence-electron chi connectivity index (χ2n) is 7.58. The monoisotopic (exact) mass is 389 g/mol. The van der Waals surface area contributed by atoms with Crippen LogP contribution in [-0.4, -0.2) is 43.8 Å². The normalized spacial score (nSPS) is 24.1. The van der Waals surface area contributed by atoms with Gasteiger partial charge < -0.3 is 19.7 Å². The van der Waals surface area contributed by atoms with Gasteiger partial charge in [-0.05, 0) is 30.2 Å². The number of rotatable bonds is 3. The van der Waals surface area contributed by atoms with Crippen LogP contribution in [0, 0.1) is 0 Å². The van der Waals surface area contributed by atoms with Crippen LogP contribution in [-0.2, 0) is 15.1 Å². The van der Waals surface area contributed by atoms with Crippen molar-refractivity contribution in [2.45, 2.75) is 18.1 Å². The fourth-order valence-corrected chi connectivity index (χ4v) is 4.52. The molecule has 0 unspecified atom stereocenters. The van der Waals surface area contributed by atoms with Crippen molar-refractivity contribution >= 4 is 22.6 Å². The molecule has 0 saturated carbocycles. The Balaban J connectivity index is 1.49. The Bertz CT molecular complexity index is 1060. The molecule has 2 atom stereocenters. The van der Waals surface area contributed by atoms with E-state index in [4.69, 9.17) is 14.5 Å². The lowest BCUT2D eigenvalue weighted by Crippen LogP contribution is -2.66. The van der Waals surface area contributed by atoms with Crippen molar-refractivity contribution in [1.29, 1.82) is 0 Å². The molecule has 3 aromatic rings. The van der Waals surface area contributed by atoms with Crippen LogP contribution in [0.3, 0.4) is 0 Å². The van der Waals surface area contributed by atoms with E-state index in [-0.39, 0.29) is 18.6 Å². The predicted octanol–water partition coefficient (Wildman–Crippen LogP) is 2.86. The summed E-state index contributed by atoms with van der Waals surface area (Å²) in [5, 5.41) is 4.28. The second kappa shape index (κ2) is 7.04. The van der Waals surface area contributed by atoms with E-state index in [1.165, 1.54) is 0 Å². The van der Waals surface area contributed by atoms with Gasteiger partial charge in [0.05, 0.1) is 12.6 Å². The summed E-state index contributed by atoms with van der Waals surface area (Å²) in [7, 11) is 1.66. The Hall–Kier alpha value is -3.12. The molecule has 2 aliphatic rings. The maximum absolute atomic E-state index is 12.2. The number of nitrogens with one attached hydrogen (secondary N) is 1. The van der Waals surface area contributed by atoms with Crippen molar-refractivity contribution in [1.82, 2.24) is 10.3 Å². The topological polar surface area (TPSA) is 63.7 Å². The van der Waals surface area contributed by atoms with Crippen LogP contribution < -0.4 is 15.0 Å². The standard InChI is InChI=1S/C23H23N3O3/c1-28-18-9-5-6-16-10-11-20(24-22(16)18)26-13-12-23(17-7-3-2-4-8-17)19(14-26)29-15-21(27)25-23/h2-11,19H,12-15H2,1H3,(H,25,27)/t19-,23+/m1/s1. The Morgan fingerprint density at radius 1 is 1.14 bits per heavy atom. The number of carbonyl (C=O) groups is 1. The number of amides is 1. The van der Waals surface area contributed by atoms with Crippen molar-refractivity contribution in [2.24, 2.45) is 0 Å². The molecular weight excluding hydrogens is 366 g/mol. The van der Waals surface area contributed by atoms with Gasteiger partial charge >= 0.3 is 0 Å². The molecule has 6 heteroatoms. The first kappa shape index (κ1) is 17.9. The molecule has 2 saturated heterocycles. The fourth-order valence-electron chi connectivity index (χ4n) is 4.52. The molecule has 0 radical (unpaired) electrons. The number of para-hydroxylation sites is 1. The van der Waals surface area contributed by atoms with E-state index >= 15 is 0 Å². The van der Waals surface area contributed by atoms with Crippen molar-refractivity contribution in [3.63, 3.8) is 0 Å². The maximum atomic E-state index is 12.2. The number of morpholine rings is 1. The Kier molecular flexibility index (Phi) is 4.36. The van der Waals surface area contributed by atoms with E-state index in [0.29, 0.717) is 6.54 Å².